The summed E-state index contributed by atoms with van der Waals surface area (Å²) in [6.45, 7) is 4.81. The first kappa shape index (κ1) is 20.7. The molecule has 1 aromatic carbocycles. The SMILES string of the molecule is CC(C)(C)NC(=O)NC(=O)COC(=O)c1cc2sc(Nc3ccccc3)nc2s1. The van der Waals surface area contributed by atoms with E-state index in [4.69, 9.17) is 4.74 Å². The number of benzene rings is 1. The van der Waals surface area contributed by atoms with Crippen LogP contribution in [0.3, 0.4) is 0 Å². The molecule has 3 N–H and O–H groups in total. The lowest BCUT2D eigenvalue weighted by Crippen LogP contribution is -2.49. The summed E-state index contributed by atoms with van der Waals surface area (Å²) in [5.41, 5.74) is 0.445. The summed E-state index contributed by atoms with van der Waals surface area (Å²) < 4.78 is 5.83. The number of nitrogens with zero attached hydrogens (tertiary/aromatic N) is 1. The van der Waals surface area contributed by atoms with Gasteiger partial charge in [0.15, 0.2) is 11.7 Å². The molecule has 0 fully saturated rings. The number of amides is 3. The summed E-state index contributed by atoms with van der Waals surface area (Å²) in [5.74, 6) is -1.34. The van der Waals surface area contributed by atoms with E-state index in [1.807, 2.05) is 30.3 Å². The first-order chi connectivity index (χ1) is 13.7. The molecule has 10 heteroatoms. The van der Waals surface area contributed by atoms with Gasteiger partial charge in [-0.3, -0.25) is 10.1 Å². The molecule has 0 atom stereocenters. The molecule has 0 unspecified atom stereocenters. The quantitative estimate of drug-likeness (QED) is 0.528. The van der Waals surface area contributed by atoms with Gasteiger partial charge in [-0.05, 0) is 39.0 Å². The lowest BCUT2D eigenvalue weighted by Gasteiger charge is -2.20. The van der Waals surface area contributed by atoms with Crippen molar-refractivity contribution in [2.45, 2.75) is 26.3 Å². The topological polar surface area (TPSA) is 109 Å². The molecule has 0 aliphatic rings. The average molecular weight is 433 g/mol. The Labute approximate surface area is 175 Å². The number of ether oxygens (including phenoxy) is 1. The molecule has 0 radical (unpaired) electrons. The number of rotatable bonds is 5. The number of esters is 1. The monoisotopic (exact) mass is 432 g/mol. The summed E-state index contributed by atoms with van der Waals surface area (Å²) in [5, 5.41) is 8.63. The van der Waals surface area contributed by atoms with E-state index in [2.05, 4.69) is 20.9 Å². The minimum Gasteiger partial charge on any atom is -0.451 e. The zero-order chi connectivity index (χ0) is 21.0. The third kappa shape index (κ3) is 6.00. The van der Waals surface area contributed by atoms with Crippen LogP contribution in [-0.4, -0.2) is 35.0 Å². The maximum atomic E-state index is 12.2. The first-order valence-electron chi connectivity index (χ1n) is 8.71. The second-order valence-corrected chi connectivity index (χ2v) is 9.18. The van der Waals surface area contributed by atoms with Crippen molar-refractivity contribution >= 4 is 60.9 Å². The highest BCUT2D eigenvalue weighted by molar-refractivity contribution is 7.29. The van der Waals surface area contributed by atoms with Gasteiger partial charge in [-0.1, -0.05) is 29.5 Å². The summed E-state index contributed by atoms with van der Waals surface area (Å²) in [4.78, 5) is 41.1. The van der Waals surface area contributed by atoms with Crippen molar-refractivity contribution in [3.63, 3.8) is 0 Å². The fraction of sp³-hybridized carbons (Fsp3) is 0.263. The van der Waals surface area contributed by atoms with E-state index in [0.717, 1.165) is 15.5 Å². The van der Waals surface area contributed by atoms with Gasteiger partial charge in [-0.15, -0.1) is 11.3 Å². The summed E-state index contributed by atoms with van der Waals surface area (Å²) >= 11 is 2.60. The van der Waals surface area contributed by atoms with Crippen LogP contribution >= 0.6 is 22.7 Å². The van der Waals surface area contributed by atoms with Crippen LogP contribution in [-0.2, 0) is 9.53 Å². The van der Waals surface area contributed by atoms with Crippen molar-refractivity contribution in [3.05, 3.63) is 41.3 Å². The van der Waals surface area contributed by atoms with Crippen LogP contribution in [0.4, 0.5) is 15.6 Å². The lowest BCUT2D eigenvalue weighted by molar-refractivity contribution is -0.123. The van der Waals surface area contributed by atoms with Crippen LogP contribution in [0.2, 0.25) is 0 Å². The lowest BCUT2D eigenvalue weighted by atomic mass is 10.1. The van der Waals surface area contributed by atoms with Crippen molar-refractivity contribution in [2.75, 3.05) is 11.9 Å². The molecule has 152 valence electrons. The Morgan fingerprint density at radius 3 is 2.48 bits per heavy atom. The van der Waals surface area contributed by atoms with Gasteiger partial charge >= 0.3 is 12.0 Å². The predicted octanol–water partition coefficient (Wildman–Crippen LogP) is 3.88. The summed E-state index contributed by atoms with van der Waals surface area (Å²) in [6.07, 6.45) is 0. The second-order valence-electron chi connectivity index (χ2n) is 7.12. The Bertz CT molecular complexity index is 1010. The number of aromatic nitrogens is 1. The minimum absolute atomic E-state index is 0.344. The number of hydrogen-bond acceptors (Lipinski definition) is 8. The van der Waals surface area contributed by atoms with Gasteiger partial charge in [0, 0.05) is 11.2 Å². The molecule has 0 bridgehead atoms. The van der Waals surface area contributed by atoms with Crippen LogP contribution in [0.15, 0.2) is 36.4 Å². The third-order valence-corrected chi connectivity index (χ3v) is 5.45. The van der Waals surface area contributed by atoms with Crippen LogP contribution in [0, 0.1) is 0 Å². The molecule has 3 rings (SSSR count). The van der Waals surface area contributed by atoms with Crippen molar-refractivity contribution in [1.82, 2.24) is 15.6 Å². The first-order valence-corrected chi connectivity index (χ1v) is 10.3. The number of urea groups is 1. The van der Waals surface area contributed by atoms with Gasteiger partial charge < -0.3 is 15.4 Å². The molecule has 8 nitrogen and oxygen atoms in total. The molecule has 2 aromatic heterocycles. The molecule has 29 heavy (non-hydrogen) atoms. The smallest absolute Gasteiger partial charge is 0.348 e. The van der Waals surface area contributed by atoms with Crippen molar-refractivity contribution < 1.29 is 19.1 Å². The molecule has 0 saturated carbocycles. The van der Waals surface area contributed by atoms with Gasteiger partial charge in [0.2, 0.25) is 0 Å². The Morgan fingerprint density at radius 2 is 1.83 bits per heavy atom. The van der Waals surface area contributed by atoms with Crippen molar-refractivity contribution in [3.8, 4) is 0 Å². The highest BCUT2D eigenvalue weighted by Gasteiger charge is 2.19. The molecule has 3 aromatic rings. The Balaban J connectivity index is 1.54. The number of thiazole rings is 1. The molecular weight excluding hydrogens is 412 g/mol. The van der Waals surface area contributed by atoms with E-state index in [0.29, 0.717) is 9.71 Å². The highest BCUT2D eigenvalue weighted by atomic mass is 32.1. The number of nitrogens with one attached hydrogen (secondary N) is 3. The largest absolute Gasteiger partial charge is 0.451 e. The van der Waals surface area contributed by atoms with Gasteiger partial charge in [0.05, 0.1) is 4.70 Å². The van der Waals surface area contributed by atoms with E-state index in [1.165, 1.54) is 22.7 Å². The van der Waals surface area contributed by atoms with Crippen molar-refractivity contribution in [1.29, 1.82) is 0 Å². The number of carbonyl (C=O) groups excluding carboxylic acids is 3. The number of thiophene rings is 1. The van der Waals surface area contributed by atoms with Gasteiger partial charge in [-0.25, -0.2) is 14.6 Å². The van der Waals surface area contributed by atoms with Crippen LogP contribution < -0.4 is 16.0 Å². The van der Waals surface area contributed by atoms with Gasteiger partial charge in [-0.2, -0.15) is 0 Å². The van der Waals surface area contributed by atoms with E-state index in [-0.39, 0.29) is 0 Å². The van der Waals surface area contributed by atoms with E-state index in [9.17, 15) is 14.4 Å². The molecular formula is C19H20N4O4S2. The molecule has 0 aliphatic carbocycles. The van der Waals surface area contributed by atoms with Crippen LogP contribution in [0.25, 0.3) is 9.53 Å². The van der Waals surface area contributed by atoms with E-state index < -0.39 is 30.1 Å². The Hall–Kier alpha value is -2.98. The van der Waals surface area contributed by atoms with Crippen LogP contribution in [0.1, 0.15) is 30.4 Å². The van der Waals surface area contributed by atoms with Gasteiger partial charge in [0.25, 0.3) is 5.91 Å². The minimum atomic E-state index is -0.703. The normalized spacial score (nSPS) is 11.1. The fourth-order valence-electron chi connectivity index (χ4n) is 2.27. The second kappa shape index (κ2) is 8.58. The number of carbonyl (C=O) groups is 3. The Morgan fingerprint density at radius 1 is 1.10 bits per heavy atom. The molecule has 0 aliphatic heterocycles. The van der Waals surface area contributed by atoms with E-state index >= 15 is 0 Å². The summed E-state index contributed by atoms with van der Waals surface area (Å²) in [6, 6.07) is 10.7. The molecule has 3 amide bonds. The third-order valence-electron chi connectivity index (χ3n) is 3.39. The highest BCUT2D eigenvalue weighted by Crippen LogP contribution is 2.34. The average Bonchev–Trinajstić information content (AvgIpc) is 3.17. The van der Waals surface area contributed by atoms with Crippen LogP contribution in [0.5, 0.6) is 0 Å². The molecule has 0 spiro atoms. The molecule has 0 saturated heterocycles. The standard InChI is InChI=1S/C19H20N4O4S2/c1-19(2,3)23-17(26)21-14(24)10-27-16(25)13-9-12-15(28-13)22-18(29-12)20-11-7-5-4-6-8-11/h4-9H,10H2,1-3H3,(H,20,22)(H2,21,23,24,26). The maximum absolute atomic E-state index is 12.2. The Kier molecular flexibility index (Phi) is 6.14. The zero-order valence-electron chi connectivity index (χ0n) is 16.1. The number of fused-ring (bicyclic) bond motifs is 1. The van der Waals surface area contributed by atoms with Crippen molar-refractivity contribution in [2.24, 2.45) is 0 Å². The zero-order valence-corrected chi connectivity index (χ0v) is 17.7. The number of anilines is 2. The fourth-order valence-corrected chi connectivity index (χ4v) is 4.30. The van der Waals surface area contributed by atoms with Gasteiger partial charge in [0.1, 0.15) is 9.71 Å². The van der Waals surface area contributed by atoms with E-state index in [1.54, 1.807) is 26.8 Å². The number of hydrogen-bond donors (Lipinski definition) is 3. The molecule has 2 heterocycles. The maximum Gasteiger partial charge on any atom is 0.348 e. The number of imide groups is 1. The predicted molar refractivity (Wildman–Crippen MR) is 114 cm³/mol. The summed E-state index contributed by atoms with van der Waals surface area (Å²) in [7, 11) is 0. The number of para-hydroxylation sites is 1.